The Morgan fingerprint density at radius 1 is 1.38 bits per heavy atom. The van der Waals surface area contributed by atoms with Gasteiger partial charge in [0.05, 0.1) is 0 Å². The second-order valence-electron chi connectivity index (χ2n) is 5.67. The zero-order valence-corrected chi connectivity index (χ0v) is 15.0. The topological polar surface area (TPSA) is 71.8 Å². The van der Waals surface area contributed by atoms with Crippen LogP contribution in [0.25, 0.3) is 5.82 Å². The van der Waals surface area contributed by atoms with Crippen molar-refractivity contribution in [3.05, 3.63) is 42.6 Å². The van der Waals surface area contributed by atoms with Crippen molar-refractivity contribution in [2.24, 2.45) is 5.92 Å². The van der Waals surface area contributed by atoms with Crippen LogP contribution in [0.2, 0.25) is 0 Å². The van der Waals surface area contributed by atoms with E-state index in [0.717, 1.165) is 30.9 Å². The molecule has 2 aromatic heterocycles. The monoisotopic (exact) mass is 371 g/mol. The van der Waals surface area contributed by atoms with Crippen molar-refractivity contribution in [2.75, 3.05) is 13.1 Å². The van der Waals surface area contributed by atoms with Gasteiger partial charge in [0, 0.05) is 31.6 Å². The Morgan fingerprint density at radius 3 is 2.96 bits per heavy atom. The number of nitrogens with one attached hydrogen (secondary N) is 2. The molecule has 132 valence electrons. The molecule has 2 N–H and O–H groups in total. The van der Waals surface area contributed by atoms with E-state index in [2.05, 4.69) is 20.6 Å². The van der Waals surface area contributed by atoms with Crippen molar-refractivity contribution in [3.63, 3.8) is 0 Å². The number of imidazole rings is 1. The molecule has 1 amide bonds. The second-order valence-corrected chi connectivity index (χ2v) is 5.67. The third kappa shape index (κ3) is 5.78. The fraction of sp³-hybridized carbons (Fsp3) is 0.438. The first-order valence-corrected chi connectivity index (χ1v) is 7.72. The molecule has 1 unspecified atom stereocenters. The van der Waals surface area contributed by atoms with Gasteiger partial charge in [0.1, 0.15) is 12.1 Å². The van der Waals surface area contributed by atoms with Crippen molar-refractivity contribution in [1.29, 1.82) is 0 Å². The summed E-state index contributed by atoms with van der Waals surface area (Å²) >= 11 is 0. The van der Waals surface area contributed by atoms with E-state index in [4.69, 9.17) is 0 Å². The fourth-order valence-electron chi connectivity index (χ4n) is 2.69. The maximum Gasteiger partial charge on any atom is 0.220 e. The average molecular weight is 372 g/mol. The molecule has 0 saturated carbocycles. The minimum Gasteiger partial charge on any atom is -0.352 e. The Hall–Kier alpha value is -1.63. The highest BCUT2D eigenvalue weighted by Gasteiger charge is 2.15. The van der Waals surface area contributed by atoms with Crippen LogP contribution in [-0.4, -0.2) is 33.5 Å². The number of rotatable bonds is 6. The Bertz CT molecular complexity index is 615. The van der Waals surface area contributed by atoms with E-state index in [1.54, 1.807) is 18.7 Å². The molecule has 3 heterocycles. The third-order valence-corrected chi connectivity index (χ3v) is 4.01. The Kier molecular flexibility index (Phi) is 8.74. The van der Waals surface area contributed by atoms with Crippen molar-refractivity contribution in [3.8, 4) is 5.82 Å². The number of carbonyl (C=O) groups excluding carboxylic acids is 1. The molecule has 0 spiro atoms. The van der Waals surface area contributed by atoms with Crippen LogP contribution >= 0.6 is 24.8 Å². The summed E-state index contributed by atoms with van der Waals surface area (Å²) in [5.74, 6) is 1.58. The molecule has 1 aliphatic rings. The lowest BCUT2D eigenvalue weighted by Crippen LogP contribution is -2.23. The second kappa shape index (κ2) is 10.3. The zero-order chi connectivity index (χ0) is 15.2. The van der Waals surface area contributed by atoms with Gasteiger partial charge < -0.3 is 10.6 Å². The summed E-state index contributed by atoms with van der Waals surface area (Å²) in [6.07, 6.45) is 9.78. The molecule has 6 nitrogen and oxygen atoms in total. The molecular weight excluding hydrogens is 349 g/mol. The summed E-state index contributed by atoms with van der Waals surface area (Å²) in [7, 11) is 0. The van der Waals surface area contributed by atoms with E-state index in [1.807, 2.05) is 22.9 Å². The van der Waals surface area contributed by atoms with Gasteiger partial charge in [0.2, 0.25) is 5.91 Å². The van der Waals surface area contributed by atoms with Gasteiger partial charge in [0.25, 0.3) is 0 Å². The molecule has 8 heteroatoms. The summed E-state index contributed by atoms with van der Waals surface area (Å²) in [6.45, 7) is 2.66. The molecule has 0 aromatic carbocycles. The lowest BCUT2D eigenvalue weighted by atomic mass is 10.0. The normalized spacial score (nSPS) is 16.1. The maximum atomic E-state index is 11.9. The first kappa shape index (κ1) is 20.4. The van der Waals surface area contributed by atoms with Crippen LogP contribution in [-0.2, 0) is 11.3 Å². The van der Waals surface area contributed by atoms with Crippen molar-refractivity contribution in [1.82, 2.24) is 25.2 Å². The van der Waals surface area contributed by atoms with Crippen LogP contribution in [0.3, 0.4) is 0 Å². The van der Waals surface area contributed by atoms with Gasteiger partial charge in [-0.1, -0.05) is 0 Å². The predicted octanol–water partition coefficient (Wildman–Crippen LogP) is 2.12. The number of pyridine rings is 1. The van der Waals surface area contributed by atoms with Crippen LogP contribution in [0.1, 0.15) is 24.8 Å². The van der Waals surface area contributed by atoms with Crippen molar-refractivity contribution < 1.29 is 4.79 Å². The first-order chi connectivity index (χ1) is 10.8. The van der Waals surface area contributed by atoms with Gasteiger partial charge in [-0.15, -0.1) is 24.8 Å². The van der Waals surface area contributed by atoms with Crippen molar-refractivity contribution in [2.45, 2.75) is 25.8 Å². The highest BCUT2D eigenvalue weighted by molar-refractivity contribution is 5.85. The number of hydrogen-bond acceptors (Lipinski definition) is 4. The van der Waals surface area contributed by atoms with E-state index in [0.29, 0.717) is 18.9 Å². The highest BCUT2D eigenvalue weighted by Crippen LogP contribution is 2.14. The predicted molar refractivity (Wildman–Crippen MR) is 97.9 cm³/mol. The van der Waals surface area contributed by atoms with Crippen molar-refractivity contribution >= 4 is 30.7 Å². The summed E-state index contributed by atoms with van der Waals surface area (Å²) < 4.78 is 1.85. The summed E-state index contributed by atoms with van der Waals surface area (Å²) in [6, 6.07) is 3.88. The average Bonchev–Trinajstić information content (AvgIpc) is 3.24. The van der Waals surface area contributed by atoms with Crippen LogP contribution in [0.4, 0.5) is 0 Å². The van der Waals surface area contributed by atoms with Crippen LogP contribution in [0.5, 0.6) is 0 Å². The van der Waals surface area contributed by atoms with E-state index >= 15 is 0 Å². The molecule has 0 aliphatic carbocycles. The fourth-order valence-corrected chi connectivity index (χ4v) is 2.69. The highest BCUT2D eigenvalue weighted by atomic mass is 35.5. The van der Waals surface area contributed by atoms with Gasteiger partial charge in [-0.2, -0.15) is 0 Å². The minimum absolute atomic E-state index is 0. The molecule has 24 heavy (non-hydrogen) atoms. The SMILES string of the molecule is Cl.Cl.O=C(CCC1CCNC1)NCc1ccnc(-n2ccnc2)c1. The molecule has 0 radical (unpaired) electrons. The van der Waals surface area contributed by atoms with Crippen LogP contribution in [0, 0.1) is 5.92 Å². The molecule has 1 aliphatic heterocycles. The number of carbonyl (C=O) groups is 1. The first-order valence-electron chi connectivity index (χ1n) is 7.72. The number of hydrogen-bond donors (Lipinski definition) is 2. The Labute approximate surface area is 154 Å². The standard InChI is InChI=1S/C16H21N5O.2ClH/c22-16(2-1-13-3-5-17-10-13)20-11-14-4-6-19-15(9-14)21-8-7-18-12-21;;/h4,6-9,12-13,17H,1-3,5,10-11H2,(H,20,22);2*1H. The quantitative estimate of drug-likeness (QED) is 0.815. The molecule has 1 atom stereocenters. The van der Waals surface area contributed by atoms with Crippen LogP contribution < -0.4 is 10.6 Å². The van der Waals surface area contributed by atoms with Gasteiger partial charge in [-0.05, 0) is 49.5 Å². The van der Waals surface area contributed by atoms with Crippen LogP contribution in [0.15, 0.2) is 37.1 Å². The summed E-state index contributed by atoms with van der Waals surface area (Å²) in [4.78, 5) is 20.2. The molecule has 1 saturated heterocycles. The number of aromatic nitrogens is 3. The lowest BCUT2D eigenvalue weighted by molar-refractivity contribution is -0.121. The minimum atomic E-state index is 0. The molecule has 0 bridgehead atoms. The van der Waals surface area contributed by atoms with Gasteiger partial charge >= 0.3 is 0 Å². The van der Waals surface area contributed by atoms with Gasteiger partial charge in [-0.3, -0.25) is 9.36 Å². The van der Waals surface area contributed by atoms with E-state index < -0.39 is 0 Å². The van der Waals surface area contributed by atoms with E-state index in [1.165, 1.54) is 6.42 Å². The maximum absolute atomic E-state index is 11.9. The molecule has 1 fully saturated rings. The lowest BCUT2D eigenvalue weighted by Gasteiger charge is -2.09. The van der Waals surface area contributed by atoms with E-state index in [9.17, 15) is 4.79 Å². The number of halogens is 2. The summed E-state index contributed by atoms with van der Waals surface area (Å²) in [5.41, 5.74) is 1.04. The Balaban J connectivity index is 0.00000144. The molecule has 3 rings (SSSR count). The Morgan fingerprint density at radius 2 is 2.25 bits per heavy atom. The van der Waals surface area contributed by atoms with E-state index in [-0.39, 0.29) is 30.7 Å². The smallest absolute Gasteiger partial charge is 0.220 e. The molecular formula is C16H23Cl2N5O. The number of amides is 1. The van der Waals surface area contributed by atoms with Gasteiger partial charge in [0.15, 0.2) is 0 Å². The zero-order valence-electron chi connectivity index (χ0n) is 13.4. The summed E-state index contributed by atoms with van der Waals surface area (Å²) in [5, 5.41) is 6.31. The largest absolute Gasteiger partial charge is 0.352 e. The number of nitrogens with zero attached hydrogens (tertiary/aromatic N) is 3. The molecule has 2 aromatic rings. The third-order valence-electron chi connectivity index (χ3n) is 4.01. The van der Waals surface area contributed by atoms with Gasteiger partial charge in [-0.25, -0.2) is 9.97 Å².